The zero-order valence-electron chi connectivity index (χ0n) is 10.2. The largest absolute Gasteiger partial charge is 0.353 e. The van der Waals surface area contributed by atoms with Crippen LogP contribution in [0, 0.1) is 0 Å². The van der Waals surface area contributed by atoms with Gasteiger partial charge in [0.1, 0.15) is 0 Å². The number of hydrogen-bond acceptors (Lipinski definition) is 4. The van der Waals surface area contributed by atoms with Crippen molar-refractivity contribution in [3.05, 3.63) is 0 Å². The number of carbonyl (C=O) groups excluding carboxylic acids is 1. The van der Waals surface area contributed by atoms with E-state index in [9.17, 15) is 13.2 Å². The molecule has 0 bridgehead atoms. The average Bonchev–Trinajstić information content (AvgIpc) is 2.82. The first-order valence-corrected chi connectivity index (χ1v) is 7.90. The van der Waals surface area contributed by atoms with Crippen LogP contribution in [0.4, 0.5) is 0 Å². The summed E-state index contributed by atoms with van der Waals surface area (Å²) in [6.45, 7) is 2.99. The van der Waals surface area contributed by atoms with Gasteiger partial charge in [0.25, 0.3) is 0 Å². The summed E-state index contributed by atoms with van der Waals surface area (Å²) in [4.78, 5) is 12.0. The van der Waals surface area contributed by atoms with Crippen LogP contribution < -0.4 is 10.6 Å². The van der Waals surface area contributed by atoms with Crippen LogP contribution in [-0.4, -0.2) is 44.0 Å². The maximum absolute atomic E-state index is 12.0. The molecule has 98 valence electrons. The summed E-state index contributed by atoms with van der Waals surface area (Å²) >= 11 is 0. The average molecular weight is 260 g/mol. The molecule has 0 saturated carbocycles. The SMILES string of the molecule is CC1(C(=O)NCC2CCCS2(=O)=O)CCCN1. The van der Waals surface area contributed by atoms with E-state index in [0.29, 0.717) is 6.42 Å². The van der Waals surface area contributed by atoms with Crippen LogP contribution in [0.3, 0.4) is 0 Å². The molecule has 2 rings (SSSR count). The van der Waals surface area contributed by atoms with Crippen molar-refractivity contribution >= 4 is 15.7 Å². The lowest BCUT2D eigenvalue weighted by atomic mass is 9.99. The fraction of sp³-hybridized carbons (Fsp3) is 0.909. The van der Waals surface area contributed by atoms with E-state index in [1.807, 2.05) is 6.92 Å². The Morgan fingerprint density at radius 3 is 2.76 bits per heavy atom. The minimum atomic E-state index is -2.96. The van der Waals surface area contributed by atoms with E-state index in [-0.39, 0.29) is 23.5 Å². The monoisotopic (exact) mass is 260 g/mol. The fourth-order valence-corrected chi connectivity index (χ4v) is 4.34. The number of sulfone groups is 1. The van der Waals surface area contributed by atoms with E-state index >= 15 is 0 Å². The molecule has 2 atom stereocenters. The van der Waals surface area contributed by atoms with E-state index in [1.165, 1.54) is 0 Å². The quantitative estimate of drug-likeness (QED) is 0.738. The third kappa shape index (κ3) is 2.63. The molecule has 17 heavy (non-hydrogen) atoms. The van der Waals surface area contributed by atoms with Gasteiger partial charge in [-0.15, -0.1) is 0 Å². The molecular formula is C11H20N2O3S. The predicted molar refractivity (Wildman–Crippen MR) is 65.5 cm³/mol. The predicted octanol–water partition coefficient (Wildman–Crippen LogP) is -0.178. The molecule has 0 aromatic heterocycles. The van der Waals surface area contributed by atoms with Gasteiger partial charge in [0, 0.05) is 6.54 Å². The van der Waals surface area contributed by atoms with Crippen LogP contribution in [0.1, 0.15) is 32.6 Å². The zero-order valence-corrected chi connectivity index (χ0v) is 11.0. The lowest BCUT2D eigenvalue weighted by Gasteiger charge is -2.24. The zero-order chi connectivity index (χ0) is 12.5. The summed E-state index contributed by atoms with van der Waals surface area (Å²) in [5, 5.41) is 5.57. The van der Waals surface area contributed by atoms with Gasteiger partial charge in [-0.2, -0.15) is 0 Å². The van der Waals surface area contributed by atoms with E-state index in [0.717, 1.165) is 25.8 Å². The van der Waals surface area contributed by atoms with Crippen LogP contribution in [-0.2, 0) is 14.6 Å². The Labute approximate surface area is 102 Å². The van der Waals surface area contributed by atoms with Crippen molar-refractivity contribution < 1.29 is 13.2 Å². The molecule has 0 aromatic rings. The Bertz CT molecular complexity index is 399. The maximum atomic E-state index is 12.0. The molecule has 0 aliphatic carbocycles. The molecule has 5 nitrogen and oxygen atoms in total. The minimum Gasteiger partial charge on any atom is -0.353 e. The Hall–Kier alpha value is -0.620. The van der Waals surface area contributed by atoms with E-state index in [4.69, 9.17) is 0 Å². The van der Waals surface area contributed by atoms with Crippen LogP contribution in [0.2, 0.25) is 0 Å². The molecule has 2 fully saturated rings. The highest BCUT2D eigenvalue weighted by molar-refractivity contribution is 7.92. The Balaban J connectivity index is 1.88. The van der Waals surface area contributed by atoms with Crippen LogP contribution in [0.15, 0.2) is 0 Å². The topological polar surface area (TPSA) is 75.3 Å². The maximum Gasteiger partial charge on any atom is 0.240 e. The first-order chi connectivity index (χ1) is 7.94. The van der Waals surface area contributed by atoms with Crippen molar-refractivity contribution in [1.29, 1.82) is 0 Å². The molecule has 2 aliphatic heterocycles. The van der Waals surface area contributed by atoms with Crippen LogP contribution >= 0.6 is 0 Å². The lowest BCUT2D eigenvalue weighted by Crippen LogP contribution is -2.52. The second-order valence-electron chi connectivity index (χ2n) is 5.20. The van der Waals surface area contributed by atoms with Gasteiger partial charge in [-0.05, 0) is 39.2 Å². The minimum absolute atomic E-state index is 0.0721. The highest BCUT2D eigenvalue weighted by Crippen LogP contribution is 2.21. The lowest BCUT2D eigenvalue weighted by molar-refractivity contribution is -0.126. The number of hydrogen-bond donors (Lipinski definition) is 2. The molecular weight excluding hydrogens is 240 g/mol. The summed E-state index contributed by atoms with van der Waals surface area (Å²) in [5.41, 5.74) is -0.512. The van der Waals surface area contributed by atoms with E-state index < -0.39 is 15.4 Å². The van der Waals surface area contributed by atoms with Gasteiger partial charge in [-0.3, -0.25) is 4.79 Å². The Morgan fingerprint density at radius 2 is 2.24 bits per heavy atom. The molecule has 2 saturated heterocycles. The molecule has 0 aromatic carbocycles. The molecule has 2 unspecified atom stereocenters. The van der Waals surface area contributed by atoms with Crippen molar-refractivity contribution in [1.82, 2.24) is 10.6 Å². The first-order valence-electron chi connectivity index (χ1n) is 6.19. The third-order valence-electron chi connectivity index (χ3n) is 3.82. The summed E-state index contributed by atoms with van der Waals surface area (Å²) in [7, 11) is -2.96. The van der Waals surface area contributed by atoms with Crippen molar-refractivity contribution in [3.8, 4) is 0 Å². The number of rotatable bonds is 3. The fourth-order valence-electron chi connectivity index (χ4n) is 2.58. The van der Waals surface area contributed by atoms with Crippen LogP contribution in [0.25, 0.3) is 0 Å². The second-order valence-corrected chi connectivity index (χ2v) is 7.60. The van der Waals surface area contributed by atoms with Crippen LogP contribution in [0.5, 0.6) is 0 Å². The number of nitrogens with one attached hydrogen (secondary N) is 2. The molecule has 2 N–H and O–H groups in total. The smallest absolute Gasteiger partial charge is 0.240 e. The normalized spacial score (nSPS) is 35.9. The van der Waals surface area contributed by atoms with Gasteiger partial charge < -0.3 is 10.6 Å². The summed E-state index contributed by atoms with van der Waals surface area (Å²) in [5.74, 6) is 0.195. The highest BCUT2D eigenvalue weighted by Gasteiger charge is 2.37. The summed E-state index contributed by atoms with van der Waals surface area (Å²) in [6.07, 6.45) is 3.20. The standard InChI is InChI=1S/C11H20N2O3S/c1-11(5-3-6-13-11)10(14)12-8-9-4-2-7-17(9,15)16/h9,13H,2-8H2,1H3,(H,12,14). The highest BCUT2D eigenvalue weighted by atomic mass is 32.2. The molecule has 0 spiro atoms. The van der Waals surface area contributed by atoms with Crippen molar-refractivity contribution in [2.24, 2.45) is 0 Å². The summed E-state index contributed by atoms with van der Waals surface area (Å²) in [6, 6.07) is 0. The van der Waals surface area contributed by atoms with Gasteiger partial charge in [-0.25, -0.2) is 8.42 Å². The molecule has 0 radical (unpaired) electrons. The van der Waals surface area contributed by atoms with Crippen molar-refractivity contribution in [2.75, 3.05) is 18.8 Å². The molecule has 1 amide bonds. The second kappa shape index (κ2) is 4.57. The summed E-state index contributed by atoms with van der Waals surface area (Å²) < 4.78 is 23.2. The Kier molecular flexibility index (Phi) is 3.45. The number of amides is 1. The van der Waals surface area contributed by atoms with E-state index in [1.54, 1.807) is 0 Å². The molecule has 2 heterocycles. The van der Waals surface area contributed by atoms with Gasteiger partial charge >= 0.3 is 0 Å². The number of carbonyl (C=O) groups is 1. The van der Waals surface area contributed by atoms with Gasteiger partial charge in [0.2, 0.25) is 5.91 Å². The Morgan fingerprint density at radius 1 is 1.47 bits per heavy atom. The first kappa shape index (κ1) is 12.8. The third-order valence-corrected chi connectivity index (χ3v) is 6.10. The molecule has 6 heteroatoms. The van der Waals surface area contributed by atoms with Crippen molar-refractivity contribution in [3.63, 3.8) is 0 Å². The van der Waals surface area contributed by atoms with Gasteiger partial charge in [0.15, 0.2) is 9.84 Å². The van der Waals surface area contributed by atoms with E-state index in [2.05, 4.69) is 10.6 Å². The van der Waals surface area contributed by atoms with Gasteiger partial charge in [0.05, 0.1) is 16.5 Å². The van der Waals surface area contributed by atoms with Crippen molar-refractivity contribution in [2.45, 2.75) is 43.4 Å². The molecule has 2 aliphatic rings. The van der Waals surface area contributed by atoms with Gasteiger partial charge in [-0.1, -0.05) is 0 Å².